The van der Waals surface area contributed by atoms with Gasteiger partial charge in [0.2, 0.25) is 0 Å². The van der Waals surface area contributed by atoms with Crippen molar-refractivity contribution < 1.29 is 22.7 Å². The Hall–Kier alpha value is -1.72. The van der Waals surface area contributed by atoms with Gasteiger partial charge in [-0.2, -0.15) is 0 Å². The summed E-state index contributed by atoms with van der Waals surface area (Å²) < 4.78 is 39.2. The molecule has 0 atom stereocenters. The Morgan fingerprint density at radius 3 is 2.40 bits per heavy atom. The zero-order valence-corrected chi connectivity index (χ0v) is 7.76. The summed E-state index contributed by atoms with van der Waals surface area (Å²) in [6.45, 7) is 1.23. The molecule has 0 aliphatic carbocycles. The van der Waals surface area contributed by atoms with Crippen molar-refractivity contribution in [3.05, 3.63) is 23.8 Å². The molecule has 0 aromatic heterocycles. The third kappa shape index (κ3) is 3.49. The number of carbonyl (C=O) groups excluding carboxylic acids is 1. The van der Waals surface area contributed by atoms with Crippen molar-refractivity contribution in [1.82, 2.24) is 0 Å². The van der Waals surface area contributed by atoms with Crippen molar-refractivity contribution in [3.63, 3.8) is 0 Å². The zero-order valence-electron chi connectivity index (χ0n) is 7.76. The third-order valence-corrected chi connectivity index (χ3v) is 1.57. The van der Waals surface area contributed by atoms with E-state index in [1.54, 1.807) is 0 Å². The van der Waals surface area contributed by atoms with Crippen LogP contribution in [-0.2, 0) is 0 Å². The molecule has 1 aromatic carbocycles. The van der Waals surface area contributed by atoms with Crippen molar-refractivity contribution in [3.8, 4) is 5.75 Å². The molecule has 0 unspecified atom stereocenters. The number of ether oxygens (including phenoxy) is 1. The number of carbonyl (C=O) groups is 1. The number of rotatable bonds is 2. The number of hydrogen-bond acceptors (Lipinski definition) is 3. The minimum absolute atomic E-state index is 0.0435. The highest BCUT2D eigenvalue weighted by atomic mass is 19.4. The number of nitrogen functional groups attached to an aromatic ring is 1. The zero-order chi connectivity index (χ0) is 11.6. The van der Waals surface area contributed by atoms with Gasteiger partial charge in [0, 0.05) is 17.3 Å². The molecule has 0 aliphatic heterocycles. The van der Waals surface area contributed by atoms with Crippen molar-refractivity contribution in [1.29, 1.82) is 0 Å². The van der Waals surface area contributed by atoms with Gasteiger partial charge in [-0.1, -0.05) is 0 Å². The fraction of sp³-hybridized carbons (Fsp3) is 0.222. The van der Waals surface area contributed by atoms with Crippen LogP contribution < -0.4 is 10.5 Å². The number of anilines is 1. The summed E-state index contributed by atoms with van der Waals surface area (Å²) in [5, 5.41) is 0. The number of nitrogens with two attached hydrogens (primary N) is 1. The highest BCUT2D eigenvalue weighted by Gasteiger charge is 2.31. The van der Waals surface area contributed by atoms with Crippen LogP contribution in [0.2, 0.25) is 0 Å². The molecule has 0 aliphatic rings. The fourth-order valence-electron chi connectivity index (χ4n) is 1.02. The number of Topliss-reactive ketones (excluding diaryl/α,β-unsaturated/α-hetero) is 1. The van der Waals surface area contributed by atoms with Gasteiger partial charge in [-0.25, -0.2) is 0 Å². The predicted molar refractivity (Wildman–Crippen MR) is 47.5 cm³/mol. The molecular weight excluding hydrogens is 211 g/mol. The van der Waals surface area contributed by atoms with Gasteiger partial charge in [-0.15, -0.1) is 13.2 Å². The van der Waals surface area contributed by atoms with Gasteiger partial charge in [0.15, 0.2) is 5.78 Å². The molecule has 0 saturated heterocycles. The largest absolute Gasteiger partial charge is 0.573 e. The first-order chi connectivity index (χ1) is 6.78. The molecule has 0 saturated carbocycles. The van der Waals surface area contributed by atoms with E-state index in [1.165, 1.54) is 13.0 Å². The highest BCUT2D eigenvalue weighted by Crippen LogP contribution is 2.26. The van der Waals surface area contributed by atoms with Gasteiger partial charge in [0.05, 0.1) is 0 Å². The Bertz CT molecular complexity index is 387. The molecule has 3 nitrogen and oxygen atoms in total. The first-order valence-electron chi connectivity index (χ1n) is 3.95. The second-order valence-corrected chi connectivity index (χ2v) is 2.89. The maximum absolute atomic E-state index is 11.9. The summed E-state index contributed by atoms with van der Waals surface area (Å²) in [7, 11) is 0. The SMILES string of the molecule is CC(=O)c1cc(N)cc(OC(F)(F)F)c1. The third-order valence-electron chi connectivity index (χ3n) is 1.57. The second-order valence-electron chi connectivity index (χ2n) is 2.89. The Balaban J connectivity index is 3.04. The van der Waals surface area contributed by atoms with E-state index in [2.05, 4.69) is 4.74 Å². The second kappa shape index (κ2) is 3.80. The molecule has 2 N–H and O–H groups in total. The van der Waals surface area contributed by atoms with E-state index in [4.69, 9.17) is 5.73 Å². The first kappa shape index (κ1) is 11.4. The van der Waals surface area contributed by atoms with Crippen LogP contribution in [0.1, 0.15) is 17.3 Å². The van der Waals surface area contributed by atoms with E-state index in [0.717, 1.165) is 12.1 Å². The average Bonchev–Trinajstić information content (AvgIpc) is 1.99. The molecule has 0 radical (unpaired) electrons. The smallest absolute Gasteiger partial charge is 0.406 e. The van der Waals surface area contributed by atoms with Crippen LogP contribution in [0, 0.1) is 0 Å². The van der Waals surface area contributed by atoms with Crippen LogP contribution in [0.5, 0.6) is 5.75 Å². The van der Waals surface area contributed by atoms with E-state index >= 15 is 0 Å². The van der Waals surface area contributed by atoms with Gasteiger partial charge in [0.1, 0.15) is 5.75 Å². The topological polar surface area (TPSA) is 52.3 Å². The van der Waals surface area contributed by atoms with Crippen LogP contribution in [-0.4, -0.2) is 12.1 Å². The van der Waals surface area contributed by atoms with E-state index in [1.807, 2.05) is 0 Å². The van der Waals surface area contributed by atoms with Crippen LogP contribution in [0.4, 0.5) is 18.9 Å². The maximum atomic E-state index is 11.9. The lowest BCUT2D eigenvalue weighted by atomic mass is 10.1. The summed E-state index contributed by atoms with van der Waals surface area (Å²) in [6.07, 6.45) is -4.79. The monoisotopic (exact) mass is 219 g/mol. The van der Waals surface area contributed by atoms with Crippen molar-refractivity contribution in [2.45, 2.75) is 13.3 Å². The summed E-state index contributed by atoms with van der Waals surface area (Å²) in [5.74, 6) is -0.873. The first-order valence-corrected chi connectivity index (χ1v) is 3.95. The van der Waals surface area contributed by atoms with Crippen molar-refractivity contribution in [2.75, 3.05) is 5.73 Å². The lowest BCUT2D eigenvalue weighted by Crippen LogP contribution is -2.17. The van der Waals surface area contributed by atoms with Gasteiger partial charge >= 0.3 is 6.36 Å². The minimum atomic E-state index is -4.79. The molecule has 1 rings (SSSR count). The molecule has 0 amide bonds. The standard InChI is InChI=1S/C9H8F3NO2/c1-5(14)6-2-7(13)4-8(3-6)15-9(10,11)12/h2-4H,13H2,1H3. The molecule has 1 aromatic rings. The Kier molecular flexibility index (Phi) is 2.88. The summed E-state index contributed by atoms with van der Waals surface area (Å²) in [5.41, 5.74) is 5.44. The number of alkyl halides is 3. The molecule has 82 valence electrons. The van der Waals surface area contributed by atoms with E-state index < -0.39 is 12.1 Å². The molecular formula is C9H8F3NO2. The summed E-state index contributed by atoms with van der Waals surface area (Å²) in [4.78, 5) is 10.9. The average molecular weight is 219 g/mol. The molecule has 0 heterocycles. The Morgan fingerprint density at radius 2 is 1.93 bits per heavy atom. The number of halogens is 3. The van der Waals surface area contributed by atoms with E-state index in [0.29, 0.717) is 0 Å². The quantitative estimate of drug-likeness (QED) is 0.613. The lowest BCUT2D eigenvalue weighted by molar-refractivity contribution is -0.274. The normalized spacial score (nSPS) is 11.2. The lowest BCUT2D eigenvalue weighted by Gasteiger charge is -2.10. The van der Waals surface area contributed by atoms with E-state index in [9.17, 15) is 18.0 Å². The minimum Gasteiger partial charge on any atom is -0.406 e. The molecule has 15 heavy (non-hydrogen) atoms. The highest BCUT2D eigenvalue weighted by molar-refractivity contribution is 5.95. The van der Waals surface area contributed by atoms with Crippen LogP contribution in [0.25, 0.3) is 0 Å². The van der Waals surface area contributed by atoms with Crippen LogP contribution in [0.3, 0.4) is 0 Å². The number of hydrogen-bond donors (Lipinski definition) is 1. The Labute approximate surface area is 83.6 Å². The van der Waals surface area contributed by atoms with Gasteiger partial charge in [-0.05, 0) is 19.1 Å². The van der Waals surface area contributed by atoms with Crippen LogP contribution in [0.15, 0.2) is 18.2 Å². The number of benzene rings is 1. The molecule has 0 fully saturated rings. The van der Waals surface area contributed by atoms with Gasteiger partial charge in [-0.3, -0.25) is 4.79 Å². The summed E-state index contributed by atoms with van der Waals surface area (Å²) in [6, 6.07) is 3.28. The van der Waals surface area contributed by atoms with Crippen molar-refractivity contribution in [2.24, 2.45) is 0 Å². The fourth-order valence-corrected chi connectivity index (χ4v) is 1.02. The Morgan fingerprint density at radius 1 is 1.33 bits per heavy atom. The predicted octanol–water partition coefficient (Wildman–Crippen LogP) is 2.37. The molecule has 0 spiro atoms. The molecule has 0 bridgehead atoms. The van der Waals surface area contributed by atoms with Gasteiger partial charge in [0.25, 0.3) is 0 Å². The van der Waals surface area contributed by atoms with Gasteiger partial charge < -0.3 is 10.5 Å². The number of ketones is 1. The van der Waals surface area contributed by atoms with Crippen molar-refractivity contribution >= 4 is 11.5 Å². The molecule has 6 heteroatoms. The van der Waals surface area contributed by atoms with E-state index in [-0.39, 0.29) is 17.0 Å². The maximum Gasteiger partial charge on any atom is 0.573 e. The van der Waals surface area contributed by atoms with Crippen LogP contribution >= 0.6 is 0 Å². The summed E-state index contributed by atoms with van der Waals surface area (Å²) >= 11 is 0.